The van der Waals surface area contributed by atoms with Crippen molar-refractivity contribution >= 4 is 5.97 Å². The van der Waals surface area contributed by atoms with Gasteiger partial charge < -0.3 is 9.64 Å². The second kappa shape index (κ2) is 4.72. The molecule has 0 unspecified atom stereocenters. The number of pyridine rings is 1. The fourth-order valence-electron chi connectivity index (χ4n) is 1.19. The quantitative estimate of drug-likeness (QED) is 0.671. The average Bonchev–Trinajstić information content (AvgIpc) is 2.16. The number of hydrogen-bond donors (Lipinski definition) is 0. The lowest BCUT2D eigenvalue weighted by atomic mass is 10.2. The fourth-order valence-corrected chi connectivity index (χ4v) is 1.19. The largest absolute Gasteiger partial charge is 0.464 e. The topological polar surface area (TPSA) is 42.4 Å². The summed E-state index contributed by atoms with van der Waals surface area (Å²) in [5, 5.41) is 0. The van der Waals surface area contributed by atoms with E-state index in [2.05, 4.69) is 9.72 Å². The van der Waals surface area contributed by atoms with Crippen molar-refractivity contribution in [2.45, 2.75) is 6.54 Å². The molecule has 0 amide bonds. The van der Waals surface area contributed by atoms with Gasteiger partial charge in [0, 0.05) is 12.7 Å². The molecule has 0 saturated heterocycles. The zero-order valence-corrected chi connectivity index (χ0v) is 8.65. The van der Waals surface area contributed by atoms with Crippen LogP contribution in [0.1, 0.15) is 16.1 Å². The van der Waals surface area contributed by atoms with E-state index in [4.69, 9.17) is 0 Å². The molecule has 0 saturated carbocycles. The SMILES string of the molecule is COC(=O)c1ncccc1CN(C)C. The molecular weight excluding hydrogens is 180 g/mol. The highest BCUT2D eigenvalue weighted by Gasteiger charge is 2.12. The molecule has 4 heteroatoms. The van der Waals surface area contributed by atoms with Crippen LogP contribution in [0.3, 0.4) is 0 Å². The van der Waals surface area contributed by atoms with Gasteiger partial charge in [-0.25, -0.2) is 9.78 Å². The van der Waals surface area contributed by atoms with E-state index in [9.17, 15) is 4.79 Å². The normalized spacial score (nSPS) is 10.3. The molecular formula is C10H14N2O2. The Morgan fingerprint density at radius 3 is 2.86 bits per heavy atom. The molecule has 76 valence electrons. The summed E-state index contributed by atoms with van der Waals surface area (Å²) in [6, 6.07) is 3.69. The van der Waals surface area contributed by atoms with Crippen LogP contribution in [0.15, 0.2) is 18.3 Å². The van der Waals surface area contributed by atoms with Crippen LogP contribution in [0.2, 0.25) is 0 Å². The van der Waals surface area contributed by atoms with Crippen LogP contribution in [-0.4, -0.2) is 37.1 Å². The number of hydrogen-bond acceptors (Lipinski definition) is 4. The summed E-state index contributed by atoms with van der Waals surface area (Å²) in [4.78, 5) is 17.3. The molecule has 0 N–H and O–H groups in total. The van der Waals surface area contributed by atoms with E-state index in [1.807, 2.05) is 31.1 Å². The Kier molecular flexibility index (Phi) is 3.59. The van der Waals surface area contributed by atoms with Crippen molar-refractivity contribution in [2.75, 3.05) is 21.2 Å². The maximum Gasteiger partial charge on any atom is 0.356 e. The molecule has 0 radical (unpaired) electrons. The van der Waals surface area contributed by atoms with Gasteiger partial charge in [0.2, 0.25) is 0 Å². The van der Waals surface area contributed by atoms with Crippen molar-refractivity contribution in [3.8, 4) is 0 Å². The van der Waals surface area contributed by atoms with Crippen LogP contribution in [0, 0.1) is 0 Å². The molecule has 0 aliphatic carbocycles. The smallest absolute Gasteiger partial charge is 0.356 e. The standard InChI is InChI=1S/C10H14N2O2/c1-12(2)7-8-5-4-6-11-9(8)10(13)14-3/h4-6H,7H2,1-3H3. The fraction of sp³-hybridized carbons (Fsp3) is 0.400. The number of methoxy groups -OCH3 is 1. The van der Waals surface area contributed by atoms with Gasteiger partial charge in [-0.1, -0.05) is 6.07 Å². The van der Waals surface area contributed by atoms with Crippen molar-refractivity contribution in [2.24, 2.45) is 0 Å². The number of ether oxygens (including phenoxy) is 1. The highest BCUT2D eigenvalue weighted by atomic mass is 16.5. The van der Waals surface area contributed by atoms with E-state index in [-0.39, 0.29) is 5.97 Å². The zero-order chi connectivity index (χ0) is 10.6. The molecule has 1 heterocycles. The summed E-state index contributed by atoms with van der Waals surface area (Å²) in [5.74, 6) is -0.387. The lowest BCUT2D eigenvalue weighted by Crippen LogP contribution is -2.16. The third kappa shape index (κ3) is 2.53. The van der Waals surface area contributed by atoms with Crippen molar-refractivity contribution in [3.63, 3.8) is 0 Å². The van der Waals surface area contributed by atoms with Crippen LogP contribution >= 0.6 is 0 Å². The van der Waals surface area contributed by atoms with Crippen molar-refractivity contribution in [1.29, 1.82) is 0 Å². The second-order valence-corrected chi connectivity index (χ2v) is 3.24. The lowest BCUT2D eigenvalue weighted by molar-refractivity contribution is 0.0592. The van der Waals surface area contributed by atoms with E-state index in [1.165, 1.54) is 7.11 Å². The van der Waals surface area contributed by atoms with Crippen LogP contribution < -0.4 is 0 Å². The highest BCUT2D eigenvalue weighted by Crippen LogP contribution is 2.08. The molecule has 0 fully saturated rings. The number of carbonyl (C=O) groups is 1. The predicted molar refractivity (Wildman–Crippen MR) is 53.0 cm³/mol. The van der Waals surface area contributed by atoms with E-state index < -0.39 is 0 Å². The first-order chi connectivity index (χ1) is 6.65. The number of carbonyl (C=O) groups excluding carboxylic acids is 1. The van der Waals surface area contributed by atoms with Crippen LogP contribution in [0.25, 0.3) is 0 Å². The van der Waals surface area contributed by atoms with Gasteiger partial charge in [-0.05, 0) is 25.7 Å². The number of nitrogens with zero attached hydrogens (tertiary/aromatic N) is 2. The van der Waals surface area contributed by atoms with E-state index in [0.29, 0.717) is 12.2 Å². The minimum Gasteiger partial charge on any atom is -0.464 e. The summed E-state index contributed by atoms with van der Waals surface area (Å²) < 4.78 is 4.64. The first-order valence-electron chi connectivity index (χ1n) is 4.32. The maximum atomic E-state index is 11.3. The Morgan fingerprint density at radius 1 is 1.57 bits per heavy atom. The van der Waals surface area contributed by atoms with Gasteiger partial charge >= 0.3 is 5.97 Å². The molecule has 1 rings (SSSR count). The Balaban J connectivity index is 2.97. The molecule has 0 aromatic carbocycles. The molecule has 0 spiro atoms. The van der Waals surface area contributed by atoms with E-state index >= 15 is 0 Å². The second-order valence-electron chi connectivity index (χ2n) is 3.24. The molecule has 14 heavy (non-hydrogen) atoms. The summed E-state index contributed by atoms with van der Waals surface area (Å²) in [7, 11) is 5.23. The molecule has 0 aliphatic heterocycles. The maximum absolute atomic E-state index is 11.3. The first kappa shape index (κ1) is 10.7. The average molecular weight is 194 g/mol. The zero-order valence-electron chi connectivity index (χ0n) is 8.65. The number of rotatable bonds is 3. The Morgan fingerprint density at radius 2 is 2.29 bits per heavy atom. The lowest BCUT2D eigenvalue weighted by Gasteiger charge is -2.11. The molecule has 1 aromatic rings. The minimum atomic E-state index is -0.387. The summed E-state index contributed by atoms with van der Waals surface area (Å²) in [6.07, 6.45) is 1.59. The van der Waals surface area contributed by atoms with Gasteiger partial charge in [-0.3, -0.25) is 0 Å². The Labute approximate surface area is 83.5 Å². The van der Waals surface area contributed by atoms with E-state index in [0.717, 1.165) is 5.56 Å². The molecule has 0 aliphatic rings. The van der Waals surface area contributed by atoms with Crippen molar-refractivity contribution in [1.82, 2.24) is 9.88 Å². The van der Waals surface area contributed by atoms with Crippen LogP contribution in [0.5, 0.6) is 0 Å². The molecule has 4 nitrogen and oxygen atoms in total. The third-order valence-corrected chi connectivity index (χ3v) is 1.76. The van der Waals surface area contributed by atoms with Gasteiger partial charge in [0.15, 0.2) is 5.69 Å². The number of esters is 1. The third-order valence-electron chi connectivity index (χ3n) is 1.76. The van der Waals surface area contributed by atoms with Gasteiger partial charge in [-0.15, -0.1) is 0 Å². The Hall–Kier alpha value is -1.42. The van der Waals surface area contributed by atoms with Crippen molar-refractivity contribution < 1.29 is 9.53 Å². The van der Waals surface area contributed by atoms with Gasteiger partial charge in [0.25, 0.3) is 0 Å². The molecule has 1 aromatic heterocycles. The highest BCUT2D eigenvalue weighted by molar-refractivity contribution is 5.88. The summed E-state index contributed by atoms with van der Waals surface area (Å²) in [6.45, 7) is 0.679. The molecule has 0 bridgehead atoms. The molecule has 0 atom stereocenters. The van der Waals surface area contributed by atoms with Crippen LogP contribution in [-0.2, 0) is 11.3 Å². The van der Waals surface area contributed by atoms with Gasteiger partial charge in [-0.2, -0.15) is 0 Å². The van der Waals surface area contributed by atoms with Crippen LogP contribution in [0.4, 0.5) is 0 Å². The summed E-state index contributed by atoms with van der Waals surface area (Å²) in [5.41, 5.74) is 1.27. The monoisotopic (exact) mass is 194 g/mol. The summed E-state index contributed by atoms with van der Waals surface area (Å²) >= 11 is 0. The van der Waals surface area contributed by atoms with Gasteiger partial charge in [0.1, 0.15) is 0 Å². The minimum absolute atomic E-state index is 0.387. The first-order valence-corrected chi connectivity index (χ1v) is 4.32. The predicted octanol–water partition coefficient (Wildman–Crippen LogP) is 0.930. The van der Waals surface area contributed by atoms with E-state index in [1.54, 1.807) is 6.20 Å². The number of aromatic nitrogens is 1. The van der Waals surface area contributed by atoms with Crippen molar-refractivity contribution in [3.05, 3.63) is 29.6 Å². The van der Waals surface area contributed by atoms with Gasteiger partial charge in [0.05, 0.1) is 7.11 Å². The Bertz CT molecular complexity index is 324.